The molecule has 0 bridgehead atoms. The summed E-state index contributed by atoms with van der Waals surface area (Å²) in [5.74, 6) is -3.54. The molecule has 0 amide bonds. The number of benzene rings is 3. The van der Waals surface area contributed by atoms with Crippen molar-refractivity contribution in [3.63, 3.8) is 0 Å². The summed E-state index contributed by atoms with van der Waals surface area (Å²) >= 11 is 0. The Morgan fingerprint density at radius 3 is 1.91 bits per heavy atom. The maximum Gasteiger partial charge on any atom is 0.335 e. The van der Waals surface area contributed by atoms with Crippen LogP contribution in [0.3, 0.4) is 0 Å². The first-order valence-corrected chi connectivity index (χ1v) is 10.7. The predicted molar refractivity (Wildman–Crippen MR) is 127 cm³/mol. The van der Waals surface area contributed by atoms with Gasteiger partial charge in [-0.2, -0.15) is 0 Å². The number of nitrogens with zero attached hydrogens (tertiary/aromatic N) is 1. The van der Waals surface area contributed by atoms with Crippen molar-refractivity contribution in [1.82, 2.24) is 4.90 Å². The number of carboxylic acids is 2. The SMILES string of the molecule is CN(C)C(CCCc1cccc2ccccc12)c1ccccc1.O=C(O)C(O)C(O)C(=O)O. The van der Waals surface area contributed by atoms with E-state index in [1.807, 2.05) is 0 Å². The van der Waals surface area contributed by atoms with Crippen molar-refractivity contribution in [3.8, 4) is 0 Å². The minimum atomic E-state index is -2.27. The van der Waals surface area contributed by atoms with E-state index in [4.69, 9.17) is 20.4 Å². The van der Waals surface area contributed by atoms with E-state index in [1.54, 1.807) is 0 Å². The van der Waals surface area contributed by atoms with Gasteiger partial charge >= 0.3 is 11.9 Å². The zero-order chi connectivity index (χ0) is 24.4. The molecule has 7 nitrogen and oxygen atoms in total. The summed E-state index contributed by atoms with van der Waals surface area (Å²) < 4.78 is 0. The monoisotopic (exact) mass is 453 g/mol. The van der Waals surface area contributed by atoms with Crippen LogP contribution in [0.2, 0.25) is 0 Å². The van der Waals surface area contributed by atoms with Crippen LogP contribution in [-0.2, 0) is 16.0 Å². The second-order valence-electron chi connectivity index (χ2n) is 7.99. The number of aliphatic hydroxyl groups is 2. The van der Waals surface area contributed by atoms with E-state index in [0.717, 1.165) is 6.42 Å². The number of hydrogen-bond acceptors (Lipinski definition) is 5. The fraction of sp³-hybridized carbons (Fsp3) is 0.308. The lowest BCUT2D eigenvalue weighted by Crippen LogP contribution is -2.39. The molecule has 3 aromatic rings. The van der Waals surface area contributed by atoms with Crippen LogP contribution in [-0.4, -0.2) is 63.6 Å². The molecule has 176 valence electrons. The summed E-state index contributed by atoms with van der Waals surface area (Å²) in [4.78, 5) is 21.9. The van der Waals surface area contributed by atoms with Crippen LogP contribution in [0.15, 0.2) is 72.8 Å². The minimum Gasteiger partial charge on any atom is -0.479 e. The molecule has 0 fully saturated rings. The van der Waals surface area contributed by atoms with E-state index in [-0.39, 0.29) is 0 Å². The van der Waals surface area contributed by atoms with Crippen LogP contribution in [0.25, 0.3) is 10.8 Å². The van der Waals surface area contributed by atoms with Crippen molar-refractivity contribution in [3.05, 3.63) is 83.9 Å². The predicted octanol–water partition coefficient (Wildman–Crippen LogP) is 3.34. The molecular weight excluding hydrogens is 422 g/mol. The van der Waals surface area contributed by atoms with Crippen molar-refractivity contribution in [2.75, 3.05) is 14.1 Å². The van der Waals surface area contributed by atoms with Gasteiger partial charge in [0.15, 0.2) is 12.2 Å². The van der Waals surface area contributed by atoms with Gasteiger partial charge in [-0.15, -0.1) is 0 Å². The Labute approximate surface area is 193 Å². The third-order valence-electron chi connectivity index (χ3n) is 5.42. The molecule has 3 aromatic carbocycles. The third-order valence-corrected chi connectivity index (χ3v) is 5.42. The average molecular weight is 454 g/mol. The highest BCUT2D eigenvalue weighted by Crippen LogP contribution is 2.26. The van der Waals surface area contributed by atoms with Crippen molar-refractivity contribution in [2.24, 2.45) is 0 Å². The first-order valence-electron chi connectivity index (χ1n) is 10.7. The number of hydrogen-bond donors (Lipinski definition) is 4. The molecule has 7 heteroatoms. The molecule has 0 aliphatic heterocycles. The van der Waals surface area contributed by atoms with Gasteiger partial charge in [-0.1, -0.05) is 72.8 Å². The quantitative estimate of drug-likeness (QED) is 0.392. The molecule has 0 heterocycles. The number of fused-ring (bicyclic) bond motifs is 1. The van der Waals surface area contributed by atoms with Gasteiger partial charge in [-0.25, -0.2) is 9.59 Å². The van der Waals surface area contributed by atoms with E-state index in [0.29, 0.717) is 6.04 Å². The normalized spacial score (nSPS) is 13.6. The lowest BCUT2D eigenvalue weighted by molar-refractivity contribution is -0.165. The lowest BCUT2D eigenvalue weighted by Gasteiger charge is -2.25. The van der Waals surface area contributed by atoms with E-state index in [2.05, 4.69) is 91.8 Å². The average Bonchev–Trinajstić information content (AvgIpc) is 2.81. The summed E-state index contributed by atoms with van der Waals surface area (Å²) in [6, 6.07) is 26.7. The highest BCUT2D eigenvalue weighted by Gasteiger charge is 2.29. The standard InChI is InChI=1S/C22H25N.C4H6O6/c1-23(2)22(20-11-4-3-5-12-20)17-9-15-19-14-8-13-18-10-6-7-16-21(18)19;5-1(3(7)8)2(6)4(9)10/h3-8,10-14,16,22H,9,15,17H2,1-2H3;1-2,5-6H,(H,7,8)(H,9,10). The lowest BCUT2D eigenvalue weighted by atomic mass is 9.96. The largest absolute Gasteiger partial charge is 0.479 e. The fourth-order valence-electron chi connectivity index (χ4n) is 3.66. The molecule has 0 radical (unpaired) electrons. The van der Waals surface area contributed by atoms with Crippen molar-refractivity contribution >= 4 is 22.7 Å². The van der Waals surface area contributed by atoms with Crippen LogP contribution in [0.4, 0.5) is 0 Å². The fourth-order valence-corrected chi connectivity index (χ4v) is 3.66. The van der Waals surface area contributed by atoms with E-state index < -0.39 is 24.1 Å². The van der Waals surface area contributed by atoms with Gasteiger partial charge in [0.25, 0.3) is 0 Å². The number of aliphatic carboxylic acids is 2. The second-order valence-corrected chi connectivity index (χ2v) is 7.99. The molecule has 3 atom stereocenters. The van der Waals surface area contributed by atoms with E-state index in [9.17, 15) is 9.59 Å². The molecule has 0 aromatic heterocycles. The summed E-state index contributed by atoms with van der Waals surface area (Å²) in [6.07, 6.45) is -1.01. The first-order chi connectivity index (χ1) is 15.7. The summed E-state index contributed by atoms with van der Waals surface area (Å²) in [7, 11) is 4.35. The zero-order valence-electron chi connectivity index (χ0n) is 18.8. The Morgan fingerprint density at radius 2 is 1.33 bits per heavy atom. The molecule has 0 saturated carbocycles. The molecule has 0 aliphatic rings. The Balaban J connectivity index is 0.000000328. The number of carboxylic acid groups (broad SMARTS) is 2. The minimum absolute atomic E-state index is 0.492. The van der Waals surface area contributed by atoms with Crippen molar-refractivity contribution in [1.29, 1.82) is 0 Å². The maximum absolute atomic E-state index is 9.77. The summed E-state index contributed by atoms with van der Waals surface area (Å²) in [5, 5.41) is 35.3. The molecule has 3 unspecified atom stereocenters. The topological polar surface area (TPSA) is 118 Å². The van der Waals surface area contributed by atoms with Gasteiger partial charge < -0.3 is 25.3 Å². The van der Waals surface area contributed by atoms with Gasteiger partial charge in [0, 0.05) is 6.04 Å². The Kier molecular flexibility index (Phi) is 10.00. The van der Waals surface area contributed by atoms with Crippen molar-refractivity contribution < 1.29 is 30.0 Å². The van der Waals surface area contributed by atoms with Gasteiger partial charge in [0.05, 0.1) is 0 Å². The highest BCUT2D eigenvalue weighted by molar-refractivity contribution is 5.85. The van der Waals surface area contributed by atoms with Gasteiger partial charge in [0.2, 0.25) is 0 Å². The maximum atomic E-state index is 9.77. The number of carbonyl (C=O) groups is 2. The van der Waals surface area contributed by atoms with Crippen LogP contribution < -0.4 is 0 Å². The molecule has 0 aliphatic carbocycles. The number of rotatable bonds is 9. The molecule has 33 heavy (non-hydrogen) atoms. The van der Waals surface area contributed by atoms with Crippen molar-refractivity contribution in [2.45, 2.75) is 37.5 Å². The van der Waals surface area contributed by atoms with Crippen LogP contribution in [0.1, 0.15) is 30.0 Å². The Hall–Kier alpha value is -3.26. The number of aliphatic hydroxyl groups excluding tert-OH is 2. The van der Waals surface area contributed by atoms with E-state index >= 15 is 0 Å². The Bertz CT molecular complexity index is 1010. The van der Waals surface area contributed by atoms with Gasteiger partial charge in [-0.3, -0.25) is 0 Å². The van der Waals surface area contributed by atoms with Crippen LogP contribution in [0.5, 0.6) is 0 Å². The van der Waals surface area contributed by atoms with Gasteiger partial charge in [0.1, 0.15) is 0 Å². The summed E-state index contributed by atoms with van der Waals surface area (Å²) in [5.41, 5.74) is 2.88. The first kappa shape index (κ1) is 26.0. The smallest absolute Gasteiger partial charge is 0.335 e. The molecule has 0 saturated heterocycles. The second kappa shape index (κ2) is 12.7. The summed E-state index contributed by atoms with van der Waals surface area (Å²) in [6.45, 7) is 0. The van der Waals surface area contributed by atoms with Crippen LogP contribution in [0, 0.1) is 0 Å². The van der Waals surface area contributed by atoms with Gasteiger partial charge in [-0.05, 0) is 55.3 Å². The molecule has 3 rings (SSSR count). The Morgan fingerprint density at radius 1 is 0.788 bits per heavy atom. The zero-order valence-corrected chi connectivity index (χ0v) is 18.8. The van der Waals surface area contributed by atoms with Crippen LogP contribution >= 0.6 is 0 Å². The van der Waals surface area contributed by atoms with E-state index in [1.165, 1.54) is 34.7 Å². The third kappa shape index (κ3) is 7.68. The molecule has 0 spiro atoms. The number of aryl methyl sites for hydroxylation is 1. The molecular formula is C26H31NO6. The highest BCUT2D eigenvalue weighted by atomic mass is 16.4. The molecule has 4 N–H and O–H groups in total.